The van der Waals surface area contributed by atoms with Gasteiger partial charge in [0.2, 0.25) is 10.0 Å². The molecule has 0 radical (unpaired) electrons. The van der Waals surface area contributed by atoms with E-state index in [1.165, 1.54) is 30.5 Å². The molecule has 3 aliphatic heterocycles. The van der Waals surface area contributed by atoms with Gasteiger partial charge in [0.05, 0.1) is 5.75 Å². The number of carbonyl (C=O) groups is 3. The van der Waals surface area contributed by atoms with Gasteiger partial charge in [-0.2, -0.15) is 13.2 Å². The second-order valence-electron chi connectivity index (χ2n) is 8.03. The molecule has 14 heteroatoms. The molecule has 3 fully saturated rings. The monoisotopic (exact) mass is 472 g/mol. The molecule has 178 valence electrons. The predicted octanol–water partition coefficient (Wildman–Crippen LogP) is 0.498. The van der Waals surface area contributed by atoms with E-state index in [1.807, 2.05) is 0 Å². The van der Waals surface area contributed by atoms with Crippen molar-refractivity contribution in [3.8, 4) is 0 Å². The van der Waals surface area contributed by atoms with Crippen molar-refractivity contribution < 1.29 is 41.1 Å². The highest BCUT2D eigenvalue weighted by Crippen LogP contribution is 2.24. The Morgan fingerprint density at radius 2 is 1.65 bits per heavy atom. The van der Waals surface area contributed by atoms with Gasteiger partial charge in [0.1, 0.15) is 5.54 Å². The summed E-state index contributed by atoms with van der Waals surface area (Å²) in [5.41, 5.74) is -1.39. The van der Waals surface area contributed by atoms with Gasteiger partial charge >= 0.3 is 18.2 Å². The van der Waals surface area contributed by atoms with Crippen molar-refractivity contribution in [3.63, 3.8) is 0 Å². The number of carboxylic acid groups (broad SMARTS) is 1. The van der Waals surface area contributed by atoms with Crippen LogP contribution in [0.15, 0.2) is 0 Å². The second kappa shape index (κ2) is 9.69. The fourth-order valence-electron chi connectivity index (χ4n) is 3.91. The number of hydrogen-bond donors (Lipinski definition) is 3. The molecule has 0 bridgehead atoms. The maximum Gasteiger partial charge on any atom is 0.490 e. The zero-order valence-corrected chi connectivity index (χ0v) is 17.9. The van der Waals surface area contributed by atoms with Crippen LogP contribution in [0.1, 0.15) is 39.0 Å². The van der Waals surface area contributed by atoms with Crippen LogP contribution in [0.2, 0.25) is 0 Å². The van der Waals surface area contributed by atoms with Crippen LogP contribution in [0.3, 0.4) is 0 Å². The van der Waals surface area contributed by atoms with Gasteiger partial charge in [-0.1, -0.05) is 6.42 Å². The van der Waals surface area contributed by atoms with Crippen LogP contribution in [0.5, 0.6) is 0 Å². The molecule has 0 unspecified atom stereocenters. The summed E-state index contributed by atoms with van der Waals surface area (Å²) in [6, 6.07) is -0.177. The molecule has 3 heterocycles. The van der Waals surface area contributed by atoms with Crippen molar-refractivity contribution >= 4 is 27.9 Å². The van der Waals surface area contributed by atoms with Gasteiger partial charge in [0.15, 0.2) is 0 Å². The number of rotatable bonds is 4. The van der Waals surface area contributed by atoms with Crippen molar-refractivity contribution in [2.24, 2.45) is 0 Å². The number of halogens is 3. The van der Waals surface area contributed by atoms with Crippen LogP contribution in [0, 0.1) is 0 Å². The number of amides is 3. The lowest BCUT2D eigenvalue weighted by molar-refractivity contribution is -0.192. The van der Waals surface area contributed by atoms with E-state index in [2.05, 4.69) is 15.5 Å². The summed E-state index contributed by atoms with van der Waals surface area (Å²) in [7, 11) is -3.60. The van der Waals surface area contributed by atoms with Crippen molar-refractivity contribution in [1.82, 2.24) is 19.8 Å². The van der Waals surface area contributed by atoms with E-state index < -0.39 is 45.4 Å². The first kappa shape index (κ1) is 25.3. The van der Waals surface area contributed by atoms with Crippen molar-refractivity contribution in [2.45, 2.75) is 56.8 Å². The predicted molar refractivity (Wildman–Crippen MR) is 103 cm³/mol. The number of alkyl halides is 3. The minimum Gasteiger partial charge on any atom is -0.475 e. The number of imide groups is 1. The first-order valence-corrected chi connectivity index (χ1v) is 11.5. The minimum absolute atomic E-state index is 0.397. The summed E-state index contributed by atoms with van der Waals surface area (Å²) in [4.78, 5) is 34.5. The lowest BCUT2D eigenvalue weighted by Crippen LogP contribution is -2.54. The number of sulfonamides is 1. The van der Waals surface area contributed by atoms with E-state index in [-0.39, 0.29) is 0 Å². The Morgan fingerprint density at radius 3 is 2.06 bits per heavy atom. The van der Waals surface area contributed by atoms with Crippen molar-refractivity contribution in [3.05, 3.63) is 0 Å². The molecule has 3 rings (SSSR count). The second-order valence-corrected chi connectivity index (χ2v) is 10.00. The van der Waals surface area contributed by atoms with Gasteiger partial charge in [-0.3, -0.25) is 10.1 Å². The molecule has 0 aliphatic carbocycles. The van der Waals surface area contributed by atoms with E-state index in [0.717, 1.165) is 25.9 Å². The Labute approximate surface area is 178 Å². The number of likely N-dealkylation sites (tertiary alicyclic amines) is 1. The summed E-state index contributed by atoms with van der Waals surface area (Å²) in [6.07, 6.45) is 0.316. The molecule has 10 nitrogen and oxygen atoms in total. The highest BCUT2D eigenvalue weighted by molar-refractivity contribution is 7.89. The van der Waals surface area contributed by atoms with Crippen molar-refractivity contribution in [1.29, 1.82) is 0 Å². The van der Waals surface area contributed by atoms with Gasteiger partial charge in [-0.05, 0) is 45.7 Å². The van der Waals surface area contributed by atoms with Gasteiger partial charge in [-0.25, -0.2) is 22.3 Å². The molecule has 0 aromatic rings. The first-order chi connectivity index (χ1) is 14.2. The largest absolute Gasteiger partial charge is 0.490 e. The molecule has 0 saturated carbocycles. The van der Waals surface area contributed by atoms with Crippen LogP contribution in [0.4, 0.5) is 18.0 Å². The van der Waals surface area contributed by atoms with Crippen LogP contribution in [0.25, 0.3) is 0 Å². The van der Waals surface area contributed by atoms with Gasteiger partial charge in [0, 0.05) is 19.1 Å². The fourth-order valence-corrected chi connectivity index (χ4v) is 5.79. The Balaban J connectivity index is 0.000000423. The van der Waals surface area contributed by atoms with E-state index in [9.17, 15) is 31.2 Å². The summed E-state index contributed by atoms with van der Waals surface area (Å²) < 4.78 is 58.5. The Bertz CT molecular complexity index is 792. The maximum atomic E-state index is 12.7. The quantitative estimate of drug-likeness (QED) is 0.507. The third-order valence-corrected chi connectivity index (χ3v) is 7.65. The normalized spacial score (nSPS) is 26.6. The number of urea groups is 1. The molecule has 3 aliphatic rings. The Hall–Kier alpha value is -1.93. The third-order valence-electron chi connectivity index (χ3n) is 5.56. The molecule has 31 heavy (non-hydrogen) atoms. The zero-order valence-electron chi connectivity index (χ0n) is 17.1. The molecule has 0 aromatic heterocycles. The minimum atomic E-state index is -5.08. The van der Waals surface area contributed by atoms with Crippen molar-refractivity contribution in [2.75, 3.05) is 31.9 Å². The Morgan fingerprint density at radius 1 is 1.13 bits per heavy atom. The highest BCUT2D eigenvalue weighted by Gasteiger charge is 2.47. The van der Waals surface area contributed by atoms with E-state index in [4.69, 9.17) is 9.90 Å². The topological polar surface area (TPSA) is 136 Å². The van der Waals surface area contributed by atoms with E-state index in [1.54, 1.807) is 0 Å². The van der Waals surface area contributed by atoms with E-state index >= 15 is 0 Å². The zero-order chi connectivity index (χ0) is 23.4. The fraction of sp³-hybridized carbons (Fsp3) is 0.824. The van der Waals surface area contributed by atoms with Gasteiger partial charge in [-0.15, -0.1) is 0 Å². The molecule has 1 atom stereocenters. The van der Waals surface area contributed by atoms with E-state index in [0.29, 0.717) is 19.1 Å². The lowest BCUT2D eigenvalue weighted by Gasteiger charge is -2.40. The number of carbonyl (C=O) groups excluding carboxylic acids is 2. The lowest BCUT2D eigenvalue weighted by atomic mass is 10.0. The molecule has 0 spiro atoms. The average Bonchev–Trinajstić information content (AvgIpc) is 2.92. The SMILES string of the molecule is C[C@]1(CS(=O)(=O)N2CCC(N3CCCCC3)CC2)NC(=O)NC1=O.O=C(O)C(F)(F)F. The van der Waals surface area contributed by atoms with Gasteiger partial charge in [0.25, 0.3) is 5.91 Å². The maximum absolute atomic E-state index is 12.7. The number of hydrogen-bond acceptors (Lipinski definition) is 6. The smallest absolute Gasteiger partial charge is 0.475 e. The number of piperidine rings is 2. The third kappa shape index (κ3) is 6.77. The molecule has 3 N–H and O–H groups in total. The number of aliphatic carboxylic acids is 1. The first-order valence-electron chi connectivity index (χ1n) is 9.90. The van der Waals surface area contributed by atoms with Crippen LogP contribution < -0.4 is 10.6 Å². The molecule has 0 aromatic carbocycles. The number of carboxylic acids is 1. The standard InChI is InChI=1S/C15H26N4O4S.C2HF3O2/c1-15(13(20)16-14(21)17-15)11-24(22,23)19-9-5-12(6-10-19)18-7-3-2-4-8-18;3-2(4,5)1(6)7/h12H,2-11H2,1H3,(H2,16,17,20,21);(H,6,7)/t15-;/m1./s1. The summed E-state index contributed by atoms with van der Waals surface area (Å²) in [6.45, 7) is 4.64. The summed E-state index contributed by atoms with van der Waals surface area (Å²) in [5, 5.41) is 11.7. The summed E-state index contributed by atoms with van der Waals surface area (Å²) in [5.74, 6) is -3.74. The van der Waals surface area contributed by atoms with Gasteiger partial charge < -0.3 is 15.3 Å². The average molecular weight is 472 g/mol. The molecule has 3 saturated heterocycles. The van der Waals surface area contributed by atoms with Crippen LogP contribution in [-0.2, 0) is 19.6 Å². The molecule has 3 amide bonds. The van der Waals surface area contributed by atoms with Crippen LogP contribution in [-0.4, -0.2) is 90.3 Å². The Kier molecular flexibility index (Phi) is 7.92. The highest BCUT2D eigenvalue weighted by atomic mass is 32.2. The van der Waals surface area contributed by atoms with Crippen LogP contribution >= 0.6 is 0 Å². The number of nitrogens with one attached hydrogen (secondary N) is 2. The summed E-state index contributed by atoms with van der Waals surface area (Å²) >= 11 is 0. The number of nitrogens with zero attached hydrogens (tertiary/aromatic N) is 2. The molecular weight excluding hydrogens is 445 g/mol. The molecular formula is C17H27F3N4O6S.